The van der Waals surface area contributed by atoms with Gasteiger partial charge < -0.3 is 9.84 Å². The van der Waals surface area contributed by atoms with Gasteiger partial charge in [0.15, 0.2) is 5.82 Å². The van der Waals surface area contributed by atoms with E-state index in [0.717, 1.165) is 42.7 Å². The van der Waals surface area contributed by atoms with Crippen LogP contribution in [0.15, 0.2) is 4.52 Å². The lowest BCUT2D eigenvalue weighted by Crippen LogP contribution is -2.28. The van der Waals surface area contributed by atoms with Crippen molar-refractivity contribution in [2.24, 2.45) is 5.92 Å². The van der Waals surface area contributed by atoms with Gasteiger partial charge in [-0.3, -0.25) is 0 Å². The lowest BCUT2D eigenvalue weighted by Gasteiger charge is -2.18. The van der Waals surface area contributed by atoms with Gasteiger partial charge in [-0.15, -0.1) is 0 Å². The lowest BCUT2D eigenvalue weighted by atomic mass is 10.00. The first-order valence-corrected chi connectivity index (χ1v) is 7.52. The van der Waals surface area contributed by atoms with Gasteiger partial charge in [0.05, 0.1) is 11.7 Å². The molecule has 1 aliphatic heterocycles. The Hall–Kier alpha value is -0.550. The normalized spacial score (nSPS) is 21.0. The first-order chi connectivity index (χ1) is 8.25. The fourth-order valence-electron chi connectivity index (χ4n) is 1.94. The third kappa shape index (κ3) is 4.00. The number of rotatable bonds is 5. The molecule has 0 aromatic carbocycles. The Morgan fingerprint density at radius 3 is 3.12 bits per heavy atom. The SMILES string of the molecule is CC(C)CSCc1noc([C@H]2CCCNC2)n1. The predicted octanol–water partition coefficient (Wildman–Crippen LogP) is 2.43. The van der Waals surface area contributed by atoms with E-state index in [2.05, 4.69) is 29.3 Å². The van der Waals surface area contributed by atoms with Crippen molar-refractivity contribution in [2.45, 2.75) is 38.4 Å². The second-order valence-electron chi connectivity index (χ2n) is 5.00. The smallest absolute Gasteiger partial charge is 0.231 e. The van der Waals surface area contributed by atoms with E-state index in [1.165, 1.54) is 6.42 Å². The van der Waals surface area contributed by atoms with Crippen LogP contribution in [0.1, 0.15) is 44.3 Å². The van der Waals surface area contributed by atoms with E-state index in [9.17, 15) is 0 Å². The number of thioether (sulfide) groups is 1. The second kappa shape index (κ2) is 6.40. The fourth-order valence-corrected chi connectivity index (χ4v) is 2.83. The molecule has 1 fully saturated rings. The number of nitrogens with zero attached hydrogens (tertiary/aromatic N) is 2. The van der Waals surface area contributed by atoms with Crippen LogP contribution in [0.2, 0.25) is 0 Å². The highest BCUT2D eigenvalue weighted by Crippen LogP contribution is 2.22. The maximum absolute atomic E-state index is 5.35. The lowest BCUT2D eigenvalue weighted by molar-refractivity contribution is 0.320. The van der Waals surface area contributed by atoms with Crippen LogP contribution < -0.4 is 5.32 Å². The third-order valence-corrected chi connectivity index (χ3v) is 4.18. The van der Waals surface area contributed by atoms with E-state index in [0.29, 0.717) is 11.8 Å². The molecule has 0 aliphatic carbocycles. The van der Waals surface area contributed by atoms with E-state index in [1.807, 2.05) is 11.8 Å². The summed E-state index contributed by atoms with van der Waals surface area (Å²) in [6.07, 6.45) is 2.36. The molecule has 0 saturated carbocycles. The Morgan fingerprint density at radius 2 is 2.41 bits per heavy atom. The quantitative estimate of drug-likeness (QED) is 0.875. The highest BCUT2D eigenvalue weighted by atomic mass is 32.2. The molecule has 0 unspecified atom stereocenters. The number of hydrogen-bond acceptors (Lipinski definition) is 5. The fraction of sp³-hybridized carbons (Fsp3) is 0.833. The largest absolute Gasteiger partial charge is 0.339 e. The molecule has 0 radical (unpaired) electrons. The predicted molar refractivity (Wildman–Crippen MR) is 70.1 cm³/mol. The molecule has 2 heterocycles. The summed E-state index contributed by atoms with van der Waals surface area (Å²) >= 11 is 1.87. The van der Waals surface area contributed by atoms with Gasteiger partial charge >= 0.3 is 0 Å². The van der Waals surface area contributed by atoms with Crippen molar-refractivity contribution >= 4 is 11.8 Å². The van der Waals surface area contributed by atoms with Crippen LogP contribution in [-0.2, 0) is 5.75 Å². The van der Waals surface area contributed by atoms with E-state index >= 15 is 0 Å². The molecule has 1 aromatic heterocycles. The van der Waals surface area contributed by atoms with E-state index < -0.39 is 0 Å². The van der Waals surface area contributed by atoms with Crippen molar-refractivity contribution in [3.63, 3.8) is 0 Å². The standard InChI is InChI=1S/C12H21N3OS/c1-9(2)7-17-8-11-14-12(16-15-11)10-4-3-5-13-6-10/h9-10,13H,3-8H2,1-2H3/t10-/m0/s1. The summed E-state index contributed by atoms with van der Waals surface area (Å²) in [6, 6.07) is 0. The molecule has 1 aromatic rings. The van der Waals surface area contributed by atoms with Crippen LogP contribution in [0, 0.1) is 5.92 Å². The molecule has 1 N–H and O–H groups in total. The van der Waals surface area contributed by atoms with Gasteiger partial charge in [-0.05, 0) is 31.1 Å². The maximum Gasteiger partial charge on any atom is 0.231 e. The molecule has 1 saturated heterocycles. The molecule has 96 valence electrons. The highest BCUT2D eigenvalue weighted by molar-refractivity contribution is 7.98. The maximum atomic E-state index is 5.35. The van der Waals surface area contributed by atoms with Crippen molar-refractivity contribution in [2.75, 3.05) is 18.8 Å². The number of aromatic nitrogens is 2. The molecule has 4 nitrogen and oxygen atoms in total. The summed E-state index contributed by atoms with van der Waals surface area (Å²) in [6.45, 7) is 6.53. The minimum atomic E-state index is 0.417. The third-order valence-electron chi connectivity index (χ3n) is 2.81. The zero-order valence-corrected chi connectivity index (χ0v) is 11.4. The number of nitrogens with one attached hydrogen (secondary N) is 1. The monoisotopic (exact) mass is 255 g/mol. The average molecular weight is 255 g/mol. The Labute approximate surface area is 107 Å². The summed E-state index contributed by atoms with van der Waals surface area (Å²) < 4.78 is 5.35. The first kappa shape index (κ1) is 12.9. The van der Waals surface area contributed by atoms with Gasteiger partial charge in [-0.25, -0.2) is 0 Å². The molecule has 1 atom stereocenters. The van der Waals surface area contributed by atoms with Crippen molar-refractivity contribution in [3.8, 4) is 0 Å². The van der Waals surface area contributed by atoms with Gasteiger partial charge in [-0.1, -0.05) is 19.0 Å². The Balaban J connectivity index is 1.82. The van der Waals surface area contributed by atoms with Crippen molar-refractivity contribution in [1.29, 1.82) is 0 Å². The molecule has 0 spiro atoms. The van der Waals surface area contributed by atoms with Crippen LogP contribution >= 0.6 is 11.8 Å². The average Bonchev–Trinajstić information content (AvgIpc) is 2.78. The van der Waals surface area contributed by atoms with Gasteiger partial charge in [0.2, 0.25) is 5.89 Å². The molecule has 17 heavy (non-hydrogen) atoms. The van der Waals surface area contributed by atoms with Crippen molar-refractivity contribution in [1.82, 2.24) is 15.5 Å². The zero-order valence-electron chi connectivity index (χ0n) is 10.6. The Bertz CT molecular complexity index is 334. The topological polar surface area (TPSA) is 51.0 Å². The first-order valence-electron chi connectivity index (χ1n) is 6.36. The van der Waals surface area contributed by atoms with Crippen LogP contribution in [0.4, 0.5) is 0 Å². The van der Waals surface area contributed by atoms with E-state index in [4.69, 9.17) is 4.52 Å². The summed E-state index contributed by atoms with van der Waals surface area (Å²) in [5.74, 6) is 4.80. The summed E-state index contributed by atoms with van der Waals surface area (Å²) in [4.78, 5) is 4.49. The van der Waals surface area contributed by atoms with Crippen LogP contribution in [0.25, 0.3) is 0 Å². The van der Waals surface area contributed by atoms with E-state index in [1.54, 1.807) is 0 Å². The molecular weight excluding hydrogens is 234 g/mol. The minimum Gasteiger partial charge on any atom is -0.339 e. The Kier molecular flexibility index (Phi) is 4.86. The summed E-state index contributed by atoms with van der Waals surface area (Å²) in [5, 5.41) is 7.42. The van der Waals surface area contributed by atoms with Crippen molar-refractivity contribution < 1.29 is 4.52 Å². The van der Waals surface area contributed by atoms with Gasteiger partial charge in [0.25, 0.3) is 0 Å². The summed E-state index contributed by atoms with van der Waals surface area (Å²) in [7, 11) is 0. The van der Waals surface area contributed by atoms with Crippen LogP contribution in [0.3, 0.4) is 0 Å². The summed E-state index contributed by atoms with van der Waals surface area (Å²) in [5.41, 5.74) is 0. The van der Waals surface area contributed by atoms with Gasteiger partial charge in [0.1, 0.15) is 0 Å². The minimum absolute atomic E-state index is 0.417. The van der Waals surface area contributed by atoms with Gasteiger partial charge in [0, 0.05) is 6.54 Å². The zero-order chi connectivity index (χ0) is 12.1. The molecular formula is C12H21N3OS. The van der Waals surface area contributed by atoms with Crippen LogP contribution in [-0.4, -0.2) is 29.0 Å². The van der Waals surface area contributed by atoms with Crippen molar-refractivity contribution in [3.05, 3.63) is 11.7 Å². The number of piperidine rings is 1. The number of hydrogen-bond donors (Lipinski definition) is 1. The molecule has 1 aliphatic rings. The molecule has 0 amide bonds. The van der Waals surface area contributed by atoms with Crippen LogP contribution in [0.5, 0.6) is 0 Å². The molecule has 2 rings (SSSR count). The van der Waals surface area contributed by atoms with E-state index in [-0.39, 0.29) is 0 Å². The Morgan fingerprint density at radius 1 is 1.53 bits per heavy atom. The molecule has 5 heteroatoms. The van der Waals surface area contributed by atoms with Gasteiger partial charge in [-0.2, -0.15) is 16.7 Å². The second-order valence-corrected chi connectivity index (χ2v) is 6.03. The highest BCUT2D eigenvalue weighted by Gasteiger charge is 2.21. The molecule has 0 bridgehead atoms.